The van der Waals surface area contributed by atoms with Gasteiger partial charge in [-0.05, 0) is 55.5 Å². The van der Waals surface area contributed by atoms with Crippen LogP contribution in [0.2, 0.25) is 5.02 Å². The third kappa shape index (κ3) is 4.51. The van der Waals surface area contributed by atoms with Crippen LogP contribution in [0.25, 0.3) is 0 Å². The summed E-state index contributed by atoms with van der Waals surface area (Å²) in [6.07, 6.45) is 0. The van der Waals surface area contributed by atoms with E-state index in [2.05, 4.69) is 5.32 Å². The van der Waals surface area contributed by atoms with Crippen molar-refractivity contribution >= 4 is 40.9 Å². The summed E-state index contributed by atoms with van der Waals surface area (Å²) < 4.78 is 0. The predicted octanol–water partition coefficient (Wildman–Crippen LogP) is 3.56. The van der Waals surface area contributed by atoms with Crippen molar-refractivity contribution in [2.75, 3.05) is 5.32 Å². The zero-order valence-corrected chi connectivity index (χ0v) is 13.4. The van der Waals surface area contributed by atoms with Gasteiger partial charge in [-0.1, -0.05) is 11.6 Å². The Hall–Kier alpha value is -1.98. The topological polar surface area (TPSA) is 72.2 Å². The van der Waals surface area contributed by atoms with Crippen molar-refractivity contribution in [1.29, 1.82) is 0 Å². The van der Waals surface area contributed by atoms with Gasteiger partial charge in [-0.2, -0.15) is 0 Å². The fourth-order valence-corrected chi connectivity index (χ4v) is 2.73. The number of nitrogens with one attached hydrogen (secondary N) is 1. The highest BCUT2D eigenvalue weighted by molar-refractivity contribution is 8.00. The molecule has 0 bridgehead atoms. The number of benzene rings is 2. The van der Waals surface area contributed by atoms with Crippen molar-refractivity contribution in [2.24, 2.45) is 5.73 Å². The highest BCUT2D eigenvalue weighted by Crippen LogP contribution is 2.25. The van der Waals surface area contributed by atoms with E-state index in [4.69, 9.17) is 17.3 Å². The summed E-state index contributed by atoms with van der Waals surface area (Å²) in [5.74, 6) is -0.615. The van der Waals surface area contributed by atoms with Crippen molar-refractivity contribution in [3.8, 4) is 0 Å². The molecule has 6 heteroatoms. The first-order chi connectivity index (χ1) is 10.5. The zero-order chi connectivity index (χ0) is 16.1. The Bertz CT molecular complexity index is 672. The predicted molar refractivity (Wildman–Crippen MR) is 90.4 cm³/mol. The van der Waals surface area contributed by atoms with Gasteiger partial charge in [0.05, 0.1) is 5.25 Å². The number of carbonyl (C=O) groups is 2. The number of primary amides is 1. The lowest BCUT2D eigenvalue weighted by molar-refractivity contribution is -0.115. The first-order valence-corrected chi connectivity index (χ1v) is 7.84. The van der Waals surface area contributed by atoms with Gasteiger partial charge in [0.2, 0.25) is 11.8 Å². The molecule has 4 nitrogen and oxygen atoms in total. The average molecular weight is 335 g/mol. The van der Waals surface area contributed by atoms with Crippen LogP contribution in [-0.4, -0.2) is 17.1 Å². The molecule has 2 aromatic carbocycles. The molecule has 22 heavy (non-hydrogen) atoms. The van der Waals surface area contributed by atoms with Crippen LogP contribution in [0.4, 0.5) is 5.69 Å². The molecule has 1 atom stereocenters. The van der Waals surface area contributed by atoms with Crippen LogP contribution in [0, 0.1) is 0 Å². The van der Waals surface area contributed by atoms with Crippen molar-refractivity contribution < 1.29 is 9.59 Å². The van der Waals surface area contributed by atoms with Gasteiger partial charge in [-0.15, -0.1) is 11.8 Å². The molecule has 114 valence electrons. The van der Waals surface area contributed by atoms with E-state index in [-0.39, 0.29) is 11.2 Å². The first kappa shape index (κ1) is 16.4. The molecule has 2 aromatic rings. The monoisotopic (exact) mass is 334 g/mol. The Labute approximate surface area is 138 Å². The maximum Gasteiger partial charge on any atom is 0.248 e. The smallest absolute Gasteiger partial charge is 0.248 e. The van der Waals surface area contributed by atoms with Crippen LogP contribution < -0.4 is 11.1 Å². The number of hydrogen-bond acceptors (Lipinski definition) is 3. The van der Waals surface area contributed by atoms with Gasteiger partial charge in [0.1, 0.15) is 0 Å². The lowest BCUT2D eigenvalue weighted by Crippen LogP contribution is -2.22. The Morgan fingerprint density at radius 1 is 1.09 bits per heavy atom. The van der Waals surface area contributed by atoms with Crippen LogP contribution >= 0.6 is 23.4 Å². The minimum atomic E-state index is -0.496. The van der Waals surface area contributed by atoms with E-state index < -0.39 is 5.91 Å². The van der Waals surface area contributed by atoms with Crippen molar-refractivity contribution in [3.63, 3.8) is 0 Å². The van der Waals surface area contributed by atoms with E-state index in [1.807, 2.05) is 19.1 Å². The van der Waals surface area contributed by atoms with Crippen molar-refractivity contribution in [2.45, 2.75) is 17.1 Å². The molecule has 0 unspecified atom stereocenters. The molecule has 3 N–H and O–H groups in total. The third-order valence-corrected chi connectivity index (χ3v) is 4.30. The summed E-state index contributed by atoms with van der Waals surface area (Å²) in [5.41, 5.74) is 6.20. The fourth-order valence-electron chi connectivity index (χ4n) is 1.73. The second-order valence-electron chi connectivity index (χ2n) is 4.64. The van der Waals surface area contributed by atoms with Gasteiger partial charge in [0.25, 0.3) is 0 Å². The summed E-state index contributed by atoms with van der Waals surface area (Å²) in [7, 11) is 0. The summed E-state index contributed by atoms with van der Waals surface area (Å²) >= 11 is 7.27. The van der Waals surface area contributed by atoms with E-state index in [1.165, 1.54) is 11.8 Å². The number of rotatable bonds is 5. The molecule has 0 saturated heterocycles. The maximum atomic E-state index is 12.2. The van der Waals surface area contributed by atoms with E-state index in [0.717, 1.165) is 4.90 Å². The third-order valence-electron chi connectivity index (χ3n) is 2.93. The minimum absolute atomic E-state index is 0.119. The Kier molecular flexibility index (Phi) is 5.46. The standard InChI is InChI=1S/C16H15ClN2O2S/c1-10(22-14-8-4-12(17)5-9-14)16(21)19-13-6-2-11(3-7-13)15(18)20/h2-10H,1H3,(H2,18,20)(H,19,21)/t10-/m0/s1. The molecule has 0 aromatic heterocycles. The van der Waals surface area contributed by atoms with E-state index in [0.29, 0.717) is 16.3 Å². The van der Waals surface area contributed by atoms with Crippen LogP contribution in [0.5, 0.6) is 0 Å². The maximum absolute atomic E-state index is 12.2. The summed E-state index contributed by atoms with van der Waals surface area (Å²) in [5, 5.41) is 3.20. The first-order valence-electron chi connectivity index (χ1n) is 6.58. The largest absolute Gasteiger partial charge is 0.366 e. The molecule has 0 aliphatic carbocycles. The average Bonchev–Trinajstić information content (AvgIpc) is 2.50. The second-order valence-corrected chi connectivity index (χ2v) is 6.50. The SMILES string of the molecule is C[C@H](Sc1ccc(Cl)cc1)C(=O)Nc1ccc(C(N)=O)cc1. The number of carbonyl (C=O) groups excluding carboxylic acids is 2. The summed E-state index contributed by atoms with van der Waals surface area (Å²) in [4.78, 5) is 24.1. The number of hydrogen-bond donors (Lipinski definition) is 2. The molecule has 0 saturated carbocycles. The van der Waals surface area contributed by atoms with Crippen molar-refractivity contribution in [3.05, 3.63) is 59.1 Å². The lowest BCUT2D eigenvalue weighted by Gasteiger charge is -2.12. The second kappa shape index (κ2) is 7.33. The highest BCUT2D eigenvalue weighted by Gasteiger charge is 2.14. The number of nitrogens with two attached hydrogens (primary N) is 1. The van der Waals surface area contributed by atoms with Gasteiger partial charge < -0.3 is 11.1 Å². The number of amides is 2. The molecule has 0 aliphatic rings. The summed E-state index contributed by atoms with van der Waals surface area (Å²) in [6.45, 7) is 1.83. The molecular formula is C16H15ClN2O2S. The molecule has 2 rings (SSSR count). The van der Waals surface area contributed by atoms with Crippen LogP contribution in [0.15, 0.2) is 53.4 Å². The molecule has 0 aliphatic heterocycles. The normalized spacial score (nSPS) is 11.7. The van der Waals surface area contributed by atoms with E-state index >= 15 is 0 Å². The lowest BCUT2D eigenvalue weighted by atomic mass is 10.2. The zero-order valence-electron chi connectivity index (χ0n) is 11.9. The van der Waals surface area contributed by atoms with Crippen molar-refractivity contribution in [1.82, 2.24) is 0 Å². The van der Waals surface area contributed by atoms with E-state index in [1.54, 1.807) is 36.4 Å². The molecule has 2 amide bonds. The van der Waals surface area contributed by atoms with Gasteiger partial charge >= 0.3 is 0 Å². The van der Waals surface area contributed by atoms with Gasteiger partial charge in [0, 0.05) is 21.2 Å². The quantitative estimate of drug-likeness (QED) is 0.821. The minimum Gasteiger partial charge on any atom is -0.366 e. The molecular weight excluding hydrogens is 320 g/mol. The van der Waals surface area contributed by atoms with Gasteiger partial charge in [-0.25, -0.2) is 0 Å². The van der Waals surface area contributed by atoms with E-state index in [9.17, 15) is 9.59 Å². The molecule has 0 spiro atoms. The van der Waals surface area contributed by atoms with Crippen LogP contribution in [-0.2, 0) is 4.79 Å². The van der Waals surface area contributed by atoms with Crippen LogP contribution in [0.3, 0.4) is 0 Å². The Balaban J connectivity index is 1.95. The molecule has 0 radical (unpaired) electrons. The Morgan fingerprint density at radius 2 is 1.68 bits per heavy atom. The molecule has 0 heterocycles. The number of thioether (sulfide) groups is 1. The highest BCUT2D eigenvalue weighted by atomic mass is 35.5. The van der Waals surface area contributed by atoms with Gasteiger partial charge in [0.15, 0.2) is 0 Å². The number of anilines is 1. The summed E-state index contributed by atoms with van der Waals surface area (Å²) in [6, 6.07) is 13.8. The number of halogens is 1. The van der Waals surface area contributed by atoms with Gasteiger partial charge in [-0.3, -0.25) is 9.59 Å². The molecule has 0 fully saturated rings. The Morgan fingerprint density at radius 3 is 2.23 bits per heavy atom. The van der Waals surface area contributed by atoms with Crippen LogP contribution in [0.1, 0.15) is 17.3 Å². The fraction of sp³-hybridized carbons (Fsp3) is 0.125.